The summed E-state index contributed by atoms with van der Waals surface area (Å²) in [6.45, 7) is 4.28. The molecule has 9 nitrogen and oxygen atoms in total. The van der Waals surface area contributed by atoms with Crippen molar-refractivity contribution in [3.8, 4) is 0 Å². The van der Waals surface area contributed by atoms with Crippen LogP contribution in [0.3, 0.4) is 0 Å². The zero-order valence-corrected chi connectivity index (χ0v) is 17.1. The zero-order valence-electron chi connectivity index (χ0n) is 17.1. The zero-order chi connectivity index (χ0) is 20.9. The highest BCUT2D eigenvalue weighted by Crippen LogP contribution is 2.35. The summed E-state index contributed by atoms with van der Waals surface area (Å²) in [7, 11) is 3.24. The van der Waals surface area contributed by atoms with Crippen molar-refractivity contribution in [2.24, 2.45) is 20.0 Å². The lowest BCUT2D eigenvalue weighted by Crippen LogP contribution is -2.47. The number of hydrogen-bond donors (Lipinski definition) is 0. The topological polar surface area (TPSA) is 95.3 Å². The third-order valence-corrected chi connectivity index (χ3v) is 5.77. The van der Waals surface area contributed by atoms with Gasteiger partial charge in [0.1, 0.15) is 18.1 Å². The smallest absolute Gasteiger partial charge is 0.332 e. The van der Waals surface area contributed by atoms with Crippen molar-refractivity contribution in [2.45, 2.75) is 39.3 Å². The number of hydrogen-bond acceptors (Lipinski definition) is 5. The van der Waals surface area contributed by atoms with Crippen LogP contribution in [-0.2, 0) is 25.4 Å². The fraction of sp³-hybridized carbons (Fsp3) is 0.500. The summed E-state index contributed by atoms with van der Waals surface area (Å²) in [6, 6.07) is 3.58. The van der Waals surface area contributed by atoms with Gasteiger partial charge in [0.2, 0.25) is 5.91 Å². The number of rotatable bonds is 3. The van der Waals surface area contributed by atoms with Gasteiger partial charge in [-0.1, -0.05) is 6.92 Å². The second kappa shape index (κ2) is 7.06. The molecule has 9 heteroatoms. The monoisotopic (exact) mass is 399 g/mol. The molecule has 154 valence electrons. The van der Waals surface area contributed by atoms with Gasteiger partial charge in [-0.2, -0.15) is 0 Å². The summed E-state index contributed by atoms with van der Waals surface area (Å²) in [5.74, 6) is 1.72. The van der Waals surface area contributed by atoms with E-state index in [0.29, 0.717) is 23.6 Å². The van der Waals surface area contributed by atoms with Crippen molar-refractivity contribution in [3.63, 3.8) is 0 Å². The normalized spacial score (nSPS) is 19.8. The predicted octanol–water partition coefficient (Wildman–Crippen LogP) is 1.33. The van der Waals surface area contributed by atoms with Gasteiger partial charge in [0.05, 0.1) is 12.4 Å². The number of likely N-dealkylation sites (tertiary alicyclic amines) is 1. The predicted molar refractivity (Wildman–Crippen MR) is 107 cm³/mol. The first-order valence-electron chi connectivity index (χ1n) is 9.74. The molecule has 1 aliphatic rings. The van der Waals surface area contributed by atoms with Gasteiger partial charge in [-0.25, -0.2) is 14.3 Å². The quantitative estimate of drug-likeness (QED) is 0.662. The maximum absolute atomic E-state index is 13.2. The Labute approximate surface area is 167 Å². The van der Waals surface area contributed by atoms with E-state index in [-0.39, 0.29) is 18.5 Å². The van der Waals surface area contributed by atoms with Gasteiger partial charge < -0.3 is 13.9 Å². The molecule has 1 aliphatic heterocycles. The lowest BCUT2D eigenvalue weighted by atomic mass is 9.91. The van der Waals surface area contributed by atoms with E-state index < -0.39 is 11.2 Å². The number of piperidine rings is 1. The molecule has 0 N–H and O–H groups in total. The number of imidazole rings is 1. The Morgan fingerprint density at radius 3 is 2.72 bits per heavy atom. The molecule has 29 heavy (non-hydrogen) atoms. The van der Waals surface area contributed by atoms with Crippen LogP contribution in [0.4, 0.5) is 0 Å². The second-order valence-corrected chi connectivity index (χ2v) is 7.94. The largest absolute Gasteiger partial charge is 0.464 e. The average molecular weight is 399 g/mol. The number of fused-ring (bicyclic) bond motifs is 1. The van der Waals surface area contributed by atoms with E-state index in [1.54, 1.807) is 23.6 Å². The third-order valence-electron chi connectivity index (χ3n) is 5.77. The maximum atomic E-state index is 13.2. The second-order valence-electron chi connectivity index (χ2n) is 7.94. The van der Waals surface area contributed by atoms with Gasteiger partial charge in [-0.15, -0.1) is 0 Å². The Morgan fingerprint density at radius 2 is 2.03 bits per heavy atom. The standard InChI is InChI=1S/C20H25N5O4/c1-12-7-8-24(14(9-12)15-6-5-13(2)29-15)16(26)10-25-19(27)17-18(21-11-22(17)3)23(4)20(25)28/h5-6,11-12,14H,7-10H2,1-4H3. The highest BCUT2D eigenvalue weighted by molar-refractivity contribution is 5.77. The fourth-order valence-electron chi connectivity index (χ4n) is 4.10. The van der Waals surface area contributed by atoms with Gasteiger partial charge in [0, 0.05) is 20.6 Å². The molecule has 2 unspecified atom stereocenters. The Hall–Kier alpha value is -3.10. The van der Waals surface area contributed by atoms with Crippen LogP contribution in [0.25, 0.3) is 11.2 Å². The van der Waals surface area contributed by atoms with Crippen LogP contribution in [0.15, 0.2) is 32.5 Å². The molecular weight excluding hydrogens is 374 g/mol. The van der Waals surface area contributed by atoms with E-state index in [4.69, 9.17) is 4.42 Å². The number of aryl methyl sites for hydroxylation is 3. The van der Waals surface area contributed by atoms with Crippen LogP contribution in [0.1, 0.15) is 37.3 Å². The molecule has 4 rings (SSSR count). The van der Waals surface area contributed by atoms with E-state index in [2.05, 4.69) is 11.9 Å². The minimum Gasteiger partial charge on any atom is -0.464 e. The summed E-state index contributed by atoms with van der Waals surface area (Å²) in [6.07, 6.45) is 3.14. The number of amides is 1. The molecule has 0 saturated carbocycles. The molecule has 0 spiro atoms. The SMILES string of the molecule is Cc1ccc(C2CC(C)CCN2C(=O)Cn2c(=O)c3c(ncn3C)n(C)c2=O)o1. The molecule has 2 atom stereocenters. The first-order valence-corrected chi connectivity index (χ1v) is 9.74. The minimum absolute atomic E-state index is 0.195. The van der Waals surface area contributed by atoms with Crippen molar-refractivity contribution < 1.29 is 9.21 Å². The Balaban J connectivity index is 1.71. The van der Waals surface area contributed by atoms with Crippen molar-refractivity contribution in [3.05, 3.63) is 50.8 Å². The third kappa shape index (κ3) is 3.20. The summed E-state index contributed by atoms with van der Waals surface area (Å²) >= 11 is 0. The van der Waals surface area contributed by atoms with Crippen molar-refractivity contribution in [1.29, 1.82) is 0 Å². The van der Waals surface area contributed by atoms with Crippen LogP contribution in [0.5, 0.6) is 0 Å². The Bertz CT molecular complexity index is 1200. The van der Waals surface area contributed by atoms with E-state index in [9.17, 15) is 14.4 Å². The van der Waals surface area contributed by atoms with Crippen LogP contribution in [0, 0.1) is 12.8 Å². The number of aromatic nitrogens is 4. The Kier molecular flexibility index (Phi) is 4.68. The minimum atomic E-state index is -0.551. The first kappa shape index (κ1) is 19.2. The van der Waals surface area contributed by atoms with Gasteiger partial charge in [-0.05, 0) is 37.8 Å². The molecule has 0 aliphatic carbocycles. The van der Waals surface area contributed by atoms with Crippen LogP contribution >= 0.6 is 0 Å². The van der Waals surface area contributed by atoms with Crippen LogP contribution in [0.2, 0.25) is 0 Å². The molecule has 3 aromatic heterocycles. The summed E-state index contributed by atoms with van der Waals surface area (Å²) in [5, 5.41) is 0. The molecule has 0 bridgehead atoms. The number of nitrogens with zero attached hydrogens (tertiary/aromatic N) is 5. The molecular formula is C20H25N5O4. The van der Waals surface area contributed by atoms with E-state index in [1.807, 2.05) is 19.1 Å². The van der Waals surface area contributed by atoms with Gasteiger partial charge in [-0.3, -0.25) is 14.2 Å². The molecule has 0 aromatic carbocycles. The lowest BCUT2D eigenvalue weighted by Gasteiger charge is -2.37. The van der Waals surface area contributed by atoms with Crippen molar-refractivity contribution in [1.82, 2.24) is 23.6 Å². The highest BCUT2D eigenvalue weighted by Gasteiger charge is 2.33. The summed E-state index contributed by atoms with van der Waals surface area (Å²) in [5.41, 5.74) is -0.454. The van der Waals surface area contributed by atoms with Gasteiger partial charge >= 0.3 is 5.69 Å². The number of carbonyl (C=O) groups is 1. The molecule has 1 fully saturated rings. The van der Waals surface area contributed by atoms with Crippen LogP contribution < -0.4 is 11.2 Å². The van der Waals surface area contributed by atoms with Crippen molar-refractivity contribution in [2.75, 3.05) is 6.54 Å². The molecule has 3 aromatic rings. The fourth-order valence-corrected chi connectivity index (χ4v) is 4.10. The molecule has 1 amide bonds. The van der Waals surface area contributed by atoms with Crippen LogP contribution in [-0.4, -0.2) is 36.0 Å². The van der Waals surface area contributed by atoms with E-state index in [1.165, 1.54) is 10.9 Å². The van der Waals surface area contributed by atoms with Gasteiger partial charge in [0.15, 0.2) is 11.2 Å². The molecule has 0 radical (unpaired) electrons. The van der Waals surface area contributed by atoms with E-state index >= 15 is 0 Å². The number of furan rings is 1. The summed E-state index contributed by atoms with van der Waals surface area (Å²) in [4.78, 5) is 44.7. The lowest BCUT2D eigenvalue weighted by molar-refractivity contribution is -0.137. The van der Waals surface area contributed by atoms with Gasteiger partial charge in [0.25, 0.3) is 5.56 Å². The maximum Gasteiger partial charge on any atom is 0.332 e. The number of carbonyl (C=O) groups excluding carboxylic acids is 1. The molecule has 4 heterocycles. The average Bonchev–Trinajstić information content (AvgIpc) is 3.29. The highest BCUT2D eigenvalue weighted by atomic mass is 16.3. The summed E-state index contributed by atoms with van der Waals surface area (Å²) < 4.78 is 9.65. The first-order chi connectivity index (χ1) is 13.8. The molecule has 1 saturated heterocycles. The van der Waals surface area contributed by atoms with E-state index in [0.717, 1.165) is 28.9 Å². The van der Waals surface area contributed by atoms with Crippen molar-refractivity contribution >= 4 is 17.1 Å². The Morgan fingerprint density at radius 1 is 1.28 bits per heavy atom.